The number of piperazine rings is 1. The second-order valence-electron chi connectivity index (χ2n) is 4.60. The maximum atomic E-state index is 11.3. The number of nitrogens with zero attached hydrogens (tertiary/aromatic N) is 2. The van der Waals surface area contributed by atoms with Gasteiger partial charge in [-0.05, 0) is 13.8 Å². The third kappa shape index (κ3) is 4.36. The van der Waals surface area contributed by atoms with Gasteiger partial charge in [0, 0.05) is 32.7 Å². The minimum atomic E-state index is -0.668. The van der Waals surface area contributed by atoms with Gasteiger partial charge in [0.15, 0.2) is 0 Å². The summed E-state index contributed by atoms with van der Waals surface area (Å²) in [5.74, 6) is 0.0606. The van der Waals surface area contributed by atoms with Crippen molar-refractivity contribution in [2.75, 3.05) is 38.6 Å². The summed E-state index contributed by atoms with van der Waals surface area (Å²) in [6, 6.07) is 0. The van der Waals surface area contributed by atoms with Crippen molar-refractivity contribution in [3.63, 3.8) is 0 Å². The maximum Gasteiger partial charge on any atom is 0.237 e. The highest BCUT2D eigenvalue weighted by molar-refractivity contribution is 6.27. The Morgan fingerprint density at radius 2 is 1.87 bits per heavy atom. The lowest BCUT2D eigenvalue weighted by atomic mass is 10.1. The average molecular weight is 235 g/mol. The SMILES string of the molecule is CC(C)(O)CN1CCN(C(=O)CCl)CC1. The molecule has 0 bridgehead atoms. The van der Waals surface area contributed by atoms with Crippen LogP contribution in [0, 0.1) is 0 Å². The first kappa shape index (κ1) is 12.7. The highest BCUT2D eigenvalue weighted by Gasteiger charge is 2.24. The summed E-state index contributed by atoms with van der Waals surface area (Å²) in [5.41, 5.74) is -0.668. The highest BCUT2D eigenvalue weighted by Crippen LogP contribution is 2.08. The molecule has 1 amide bonds. The Morgan fingerprint density at radius 1 is 1.33 bits per heavy atom. The molecule has 15 heavy (non-hydrogen) atoms. The molecule has 0 aromatic rings. The highest BCUT2D eigenvalue weighted by atomic mass is 35.5. The van der Waals surface area contributed by atoms with E-state index < -0.39 is 5.60 Å². The lowest BCUT2D eigenvalue weighted by Gasteiger charge is -2.37. The zero-order valence-corrected chi connectivity index (χ0v) is 10.1. The number of alkyl halides is 1. The first-order valence-electron chi connectivity index (χ1n) is 5.21. The largest absolute Gasteiger partial charge is 0.389 e. The van der Waals surface area contributed by atoms with Crippen LogP contribution in [0.5, 0.6) is 0 Å². The van der Waals surface area contributed by atoms with Crippen LogP contribution in [0.15, 0.2) is 0 Å². The molecule has 1 N–H and O–H groups in total. The molecular formula is C10H19ClN2O2. The van der Waals surface area contributed by atoms with Gasteiger partial charge in [-0.3, -0.25) is 9.69 Å². The fourth-order valence-electron chi connectivity index (χ4n) is 1.79. The summed E-state index contributed by atoms with van der Waals surface area (Å²) < 4.78 is 0. The van der Waals surface area contributed by atoms with Gasteiger partial charge in [0.2, 0.25) is 5.91 Å². The zero-order valence-electron chi connectivity index (χ0n) is 9.37. The summed E-state index contributed by atoms with van der Waals surface area (Å²) >= 11 is 5.48. The smallest absolute Gasteiger partial charge is 0.237 e. The molecule has 0 saturated carbocycles. The minimum absolute atomic E-state index is 0.000393. The Morgan fingerprint density at radius 3 is 2.27 bits per heavy atom. The molecule has 1 fully saturated rings. The summed E-state index contributed by atoms with van der Waals surface area (Å²) in [5, 5.41) is 9.65. The van der Waals surface area contributed by atoms with E-state index in [4.69, 9.17) is 11.6 Å². The van der Waals surface area contributed by atoms with E-state index in [2.05, 4.69) is 4.90 Å². The first-order valence-corrected chi connectivity index (χ1v) is 5.74. The quantitative estimate of drug-likeness (QED) is 0.707. The van der Waals surface area contributed by atoms with Crippen LogP contribution in [-0.4, -0.2) is 65.0 Å². The number of rotatable bonds is 3. The molecule has 0 aliphatic carbocycles. The lowest BCUT2D eigenvalue weighted by molar-refractivity contribution is -0.130. The second-order valence-corrected chi connectivity index (χ2v) is 4.87. The Labute approximate surface area is 95.8 Å². The van der Waals surface area contributed by atoms with Crippen molar-refractivity contribution in [3.05, 3.63) is 0 Å². The van der Waals surface area contributed by atoms with Crippen molar-refractivity contribution in [2.45, 2.75) is 19.4 Å². The van der Waals surface area contributed by atoms with Crippen LogP contribution in [0.3, 0.4) is 0 Å². The van der Waals surface area contributed by atoms with Crippen LogP contribution in [0.25, 0.3) is 0 Å². The molecule has 0 spiro atoms. The second kappa shape index (κ2) is 5.14. The first-order chi connectivity index (χ1) is 6.92. The molecule has 1 aliphatic rings. The third-order valence-corrected chi connectivity index (χ3v) is 2.68. The monoisotopic (exact) mass is 234 g/mol. The molecule has 1 heterocycles. The van der Waals surface area contributed by atoms with E-state index in [9.17, 15) is 9.90 Å². The van der Waals surface area contributed by atoms with Gasteiger partial charge in [-0.2, -0.15) is 0 Å². The molecule has 0 radical (unpaired) electrons. The number of amides is 1. The van der Waals surface area contributed by atoms with Gasteiger partial charge in [-0.15, -0.1) is 11.6 Å². The van der Waals surface area contributed by atoms with E-state index in [1.807, 2.05) is 0 Å². The predicted molar refractivity (Wildman–Crippen MR) is 60.0 cm³/mol. The molecular weight excluding hydrogens is 216 g/mol. The van der Waals surface area contributed by atoms with Gasteiger partial charge in [-0.25, -0.2) is 0 Å². The van der Waals surface area contributed by atoms with E-state index in [-0.39, 0.29) is 11.8 Å². The van der Waals surface area contributed by atoms with Crippen LogP contribution in [0.1, 0.15) is 13.8 Å². The predicted octanol–water partition coefficient (Wildman–Crippen LogP) is 0.140. The Hall–Kier alpha value is -0.320. The number of β-amino-alcohol motifs (C(OH)–C–C–N with tert-alkyl or cyclic N) is 1. The van der Waals surface area contributed by atoms with Crippen molar-refractivity contribution in [1.82, 2.24) is 9.80 Å². The van der Waals surface area contributed by atoms with E-state index in [0.717, 1.165) is 13.1 Å². The van der Waals surface area contributed by atoms with Crippen molar-refractivity contribution in [1.29, 1.82) is 0 Å². The van der Waals surface area contributed by atoms with Gasteiger partial charge < -0.3 is 10.0 Å². The molecule has 88 valence electrons. The molecule has 1 rings (SSSR count). The number of hydrogen-bond donors (Lipinski definition) is 1. The number of carbonyl (C=O) groups is 1. The molecule has 0 aromatic carbocycles. The molecule has 1 saturated heterocycles. The summed E-state index contributed by atoms with van der Waals surface area (Å²) in [7, 11) is 0. The van der Waals surface area contributed by atoms with Crippen LogP contribution in [0.4, 0.5) is 0 Å². The van der Waals surface area contributed by atoms with E-state index in [1.54, 1.807) is 18.7 Å². The number of aliphatic hydroxyl groups is 1. The standard InChI is InChI=1S/C10H19ClN2O2/c1-10(2,15)8-12-3-5-13(6-4-12)9(14)7-11/h15H,3-8H2,1-2H3. The normalized spacial score (nSPS) is 19.3. The fraction of sp³-hybridized carbons (Fsp3) is 0.900. The molecule has 1 aliphatic heterocycles. The van der Waals surface area contributed by atoms with Crippen molar-refractivity contribution < 1.29 is 9.90 Å². The molecule has 0 unspecified atom stereocenters. The summed E-state index contributed by atoms with van der Waals surface area (Å²) in [6.07, 6.45) is 0. The zero-order chi connectivity index (χ0) is 11.5. The maximum absolute atomic E-state index is 11.3. The van der Waals surface area contributed by atoms with E-state index in [1.165, 1.54) is 0 Å². The van der Waals surface area contributed by atoms with E-state index >= 15 is 0 Å². The Kier molecular flexibility index (Phi) is 4.37. The summed E-state index contributed by atoms with van der Waals surface area (Å²) in [6.45, 7) is 7.28. The average Bonchev–Trinajstić information content (AvgIpc) is 2.15. The molecule has 5 heteroatoms. The van der Waals surface area contributed by atoms with Gasteiger partial charge >= 0.3 is 0 Å². The molecule has 0 atom stereocenters. The summed E-state index contributed by atoms with van der Waals surface area (Å²) in [4.78, 5) is 15.2. The number of carbonyl (C=O) groups excluding carboxylic acids is 1. The van der Waals surface area contributed by atoms with Crippen LogP contribution in [-0.2, 0) is 4.79 Å². The Bertz CT molecular complexity index is 220. The van der Waals surface area contributed by atoms with Gasteiger partial charge in [0.05, 0.1) is 5.60 Å². The van der Waals surface area contributed by atoms with Crippen molar-refractivity contribution >= 4 is 17.5 Å². The van der Waals surface area contributed by atoms with Crippen LogP contribution >= 0.6 is 11.6 Å². The topological polar surface area (TPSA) is 43.8 Å². The van der Waals surface area contributed by atoms with Gasteiger partial charge in [0.1, 0.15) is 5.88 Å². The number of halogens is 1. The van der Waals surface area contributed by atoms with Crippen molar-refractivity contribution in [2.24, 2.45) is 0 Å². The van der Waals surface area contributed by atoms with Gasteiger partial charge in [0.25, 0.3) is 0 Å². The van der Waals surface area contributed by atoms with Crippen molar-refractivity contribution in [3.8, 4) is 0 Å². The Balaban J connectivity index is 2.33. The lowest BCUT2D eigenvalue weighted by Crippen LogP contribution is -2.52. The number of hydrogen-bond acceptors (Lipinski definition) is 3. The minimum Gasteiger partial charge on any atom is -0.389 e. The van der Waals surface area contributed by atoms with E-state index in [0.29, 0.717) is 19.6 Å². The fourth-order valence-corrected chi connectivity index (χ4v) is 1.96. The third-order valence-electron chi connectivity index (χ3n) is 2.45. The molecule has 0 aromatic heterocycles. The van der Waals surface area contributed by atoms with Gasteiger partial charge in [-0.1, -0.05) is 0 Å². The van der Waals surface area contributed by atoms with Crippen LogP contribution < -0.4 is 0 Å². The molecule has 4 nitrogen and oxygen atoms in total. The van der Waals surface area contributed by atoms with Crippen LogP contribution in [0.2, 0.25) is 0 Å².